The third kappa shape index (κ3) is 1.58. The molecule has 0 aliphatic rings. The zero-order valence-electron chi connectivity index (χ0n) is 8.62. The molecule has 0 unspecified atom stereocenters. The van der Waals surface area contributed by atoms with Crippen molar-refractivity contribution < 1.29 is 0 Å². The molecule has 0 saturated carbocycles. The fourth-order valence-corrected chi connectivity index (χ4v) is 1.72. The molecule has 2 aromatic rings. The second kappa shape index (κ2) is 3.70. The molecule has 0 aliphatic carbocycles. The van der Waals surface area contributed by atoms with Gasteiger partial charge in [0.25, 0.3) is 0 Å². The van der Waals surface area contributed by atoms with Crippen molar-refractivity contribution in [2.45, 2.75) is 19.8 Å². The standard InChI is InChI=1S/C13H15N/c1-10(2)12-8-9-14-13(12)11-6-4-3-5-7-11/h3-10,14H,1-2H3. The lowest BCUT2D eigenvalue weighted by Crippen LogP contribution is -1.88. The van der Waals surface area contributed by atoms with E-state index in [4.69, 9.17) is 0 Å². The molecular formula is C13H15N. The Hall–Kier alpha value is -1.50. The minimum absolute atomic E-state index is 0.566. The Morgan fingerprint density at radius 2 is 1.71 bits per heavy atom. The molecule has 72 valence electrons. The Balaban J connectivity index is 2.47. The van der Waals surface area contributed by atoms with Crippen molar-refractivity contribution in [3.05, 3.63) is 48.2 Å². The van der Waals surface area contributed by atoms with Crippen molar-refractivity contribution in [1.82, 2.24) is 4.98 Å². The van der Waals surface area contributed by atoms with Crippen molar-refractivity contribution in [3.63, 3.8) is 0 Å². The number of hydrogen-bond donors (Lipinski definition) is 1. The highest BCUT2D eigenvalue weighted by atomic mass is 14.7. The van der Waals surface area contributed by atoms with E-state index in [0.717, 1.165) is 0 Å². The third-order valence-corrected chi connectivity index (χ3v) is 2.46. The van der Waals surface area contributed by atoms with Crippen LogP contribution in [0.5, 0.6) is 0 Å². The summed E-state index contributed by atoms with van der Waals surface area (Å²) < 4.78 is 0. The van der Waals surface area contributed by atoms with Crippen LogP contribution in [-0.4, -0.2) is 4.98 Å². The lowest BCUT2D eigenvalue weighted by atomic mass is 10.00. The quantitative estimate of drug-likeness (QED) is 0.732. The van der Waals surface area contributed by atoms with Gasteiger partial charge in [-0.25, -0.2) is 0 Å². The van der Waals surface area contributed by atoms with Crippen LogP contribution in [-0.2, 0) is 0 Å². The number of hydrogen-bond acceptors (Lipinski definition) is 0. The molecule has 0 fully saturated rings. The van der Waals surface area contributed by atoms with Crippen LogP contribution >= 0.6 is 0 Å². The fraction of sp³-hybridized carbons (Fsp3) is 0.231. The van der Waals surface area contributed by atoms with Gasteiger partial charge in [0, 0.05) is 11.9 Å². The third-order valence-electron chi connectivity index (χ3n) is 2.46. The van der Waals surface area contributed by atoms with Crippen LogP contribution in [0.3, 0.4) is 0 Å². The molecule has 1 heterocycles. The summed E-state index contributed by atoms with van der Waals surface area (Å²) in [5, 5.41) is 0. The van der Waals surface area contributed by atoms with Gasteiger partial charge in [0.1, 0.15) is 0 Å². The summed E-state index contributed by atoms with van der Waals surface area (Å²) in [6.07, 6.45) is 2.01. The van der Waals surface area contributed by atoms with Gasteiger partial charge in [0.2, 0.25) is 0 Å². The van der Waals surface area contributed by atoms with Gasteiger partial charge in [0.05, 0.1) is 0 Å². The Morgan fingerprint density at radius 3 is 2.36 bits per heavy atom. The molecule has 0 saturated heterocycles. The predicted octanol–water partition coefficient (Wildman–Crippen LogP) is 3.81. The molecule has 1 aromatic carbocycles. The van der Waals surface area contributed by atoms with Crippen LogP contribution in [0.4, 0.5) is 0 Å². The molecule has 14 heavy (non-hydrogen) atoms. The highest BCUT2D eigenvalue weighted by Crippen LogP contribution is 2.27. The smallest absolute Gasteiger partial charge is 0.0489 e. The van der Waals surface area contributed by atoms with Crippen molar-refractivity contribution in [2.24, 2.45) is 0 Å². The van der Waals surface area contributed by atoms with Gasteiger partial charge in [-0.2, -0.15) is 0 Å². The van der Waals surface area contributed by atoms with Crippen LogP contribution in [0.15, 0.2) is 42.6 Å². The first-order valence-corrected chi connectivity index (χ1v) is 5.01. The number of aromatic amines is 1. The van der Waals surface area contributed by atoms with Gasteiger partial charge in [-0.1, -0.05) is 44.2 Å². The summed E-state index contributed by atoms with van der Waals surface area (Å²) >= 11 is 0. The van der Waals surface area contributed by atoms with Gasteiger partial charge >= 0.3 is 0 Å². The van der Waals surface area contributed by atoms with E-state index in [2.05, 4.69) is 49.2 Å². The van der Waals surface area contributed by atoms with E-state index in [9.17, 15) is 0 Å². The van der Waals surface area contributed by atoms with Crippen molar-refractivity contribution in [2.75, 3.05) is 0 Å². The average Bonchev–Trinajstić information content (AvgIpc) is 2.67. The summed E-state index contributed by atoms with van der Waals surface area (Å²) in [6.45, 7) is 4.44. The number of aromatic nitrogens is 1. The van der Waals surface area contributed by atoms with E-state index in [1.54, 1.807) is 0 Å². The van der Waals surface area contributed by atoms with E-state index >= 15 is 0 Å². The zero-order valence-corrected chi connectivity index (χ0v) is 8.62. The molecule has 1 heteroatoms. The van der Waals surface area contributed by atoms with E-state index in [0.29, 0.717) is 5.92 Å². The van der Waals surface area contributed by atoms with Gasteiger partial charge in [-0.05, 0) is 23.1 Å². The minimum atomic E-state index is 0.566. The highest BCUT2D eigenvalue weighted by molar-refractivity contribution is 5.63. The lowest BCUT2D eigenvalue weighted by Gasteiger charge is -2.06. The Labute approximate surface area is 84.8 Å². The van der Waals surface area contributed by atoms with Gasteiger partial charge < -0.3 is 4.98 Å². The van der Waals surface area contributed by atoms with Crippen molar-refractivity contribution >= 4 is 0 Å². The molecule has 0 radical (unpaired) electrons. The Morgan fingerprint density at radius 1 is 1.00 bits per heavy atom. The Bertz CT molecular complexity index is 398. The summed E-state index contributed by atoms with van der Waals surface area (Å²) in [5.74, 6) is 0.566. The SMILES string of the molecule is CC(C)c1cc[nH]c1-c1ccccc1. The van der Waals surface area contributed by atoms with Crippen LogP contribution < -0.4 is 0 Å². The first kappa shape index (κ1) is 9.07. The van der Waals surface area contributed by atoms with Crippen LogP contribution in [0.25, 0.3) is 11.3 Å². The largest absolute Gasteiger partial charge is 0.361 e. The van der Waals surface area contributed by atoms with Gasteiger partial charge in [0.15, 0.2) is 0 Å². The maximum absolute atomic E-state index is 3.30. The number of H-pyrrole nitrogens is 1. The molecule has 2 rings (SSSR count). The van der Waals surface area contributed by atoms with Crippen LogP contribution in [0.1, 0.15) is 25.3 Å². The fourth-order valence-electron chi connectivity index (χ4n) is 1.72. The van der Waals surface area contributed by atoms with E-state index < -0.39 is 0 Å². The number of benzene rings is 1. The highest BCUT2D eigenvalue weighted by Gasteiger charge is 2.08. The number of nitrogens with one attached hydrogen (secondary N) is 1. The molecule has 0 bridgehead atoms. The summed E-state index contributed by atoms with van der Waals surface area (Å²) in [4.78, 5) is 3.30. The van der Waals surface area contributed by atoms with Gasteiger partial charge in [-0.3, -0.25) is 0 Å². The molecule has 0 spiro atoms. The molecule has 0 atom stereocenters. The molecule has 0 aliphatic heterocycles. The lowest BCUT2D eigenvalue weighted by molar-refractivity contribution is 0.871. The molecule has 1 N–H and O–H groups in total. The summed E-state index contributed by atoms with van der Waals surface area (Å²) in [7, 11) is 0. The van der Waals surface area contributed by atoms with E-state index in [1.165, 1.54) is 16.8 Å². The average molecular weight is 185 g/mol. The second-order valence-electron chi connectivity index (χ2n) is 3.83. The second-order valence-corrected chi connectivity index (χ2v) is 3.83. The van der Waals surface area contributed by atoms with Crippen molar-refractivity contribution in [1.29, 1.82) is 0 Å². The number of rotatable bonds is 2. The monoisotopic (exact) mass is 185 g/mol. The van der Waals surface area contributed by atoms with Crippen LogP contribution in [0.2, 0.25) is 0 Å². The minimum Gasteiger partial charge on any atom is -0.361 e. The van der Waals surface area contributed by atoms with E-state index in [-0.39, 0.29) is 0 Å². The maximum Gasteiger partial charge on any atom is 0.0489 e. The van der Waals surface area contributed by atoms with Gasteiger partial charge in [-0.15, -0.1) is 0 Å². The van der Waals surface area contributed by atoms with E-state index in [1.807, 2.05) is 12.3 Å². The predicted molar refractivity (Wildman–Crippen MR) is 60.3 cm³/mol. The normalized spacial score (nSPS) is 10.8. The van der Waals surface area contributed by atoms with Crippen LogP contribution in [0, 0.1) is 0 Å². The molecular weight excluding hydrogens is 170 g/mol. The molecule has 0 amide bonds. The first-order chi connectivity index (χ1) is 6.79. The summed E-state index contributed by atoms with van der Waals surface area (Å²) in [6, 6.07) is 12.6. The topological polar surface area (TPSA) is 15.8 Å². The summed E-state index contributed by atoms with van der Waals surface area (Å²) in [5.41, 5.74) is 3.90. The molecule has 1 aromatic heterocycles. The Kier molecular flexibility index (Phi) is 2.40. The zero-order chi connectivity index (χ0) is 9.97. The van der Waals surface area contributed by atoms with Crippen molar-refractivity contribution in [3.8, 4) is 11.3 Å². The molecule has 1 nitrogen and oxygen atoms in total. The maximum atomic E-state index is 3.30. The first-order valence-electron chi connectivity index (χ1n) is 5.01.